The third-order valence-corrected chi connectivity index (χ3v) is 3.45. The van der Waals surface area contributed by atoms with Crippen LogP contribution >= 0.6 is 0 Å². The van der Waals surface area contributed by atoms with E-state index in [9.17, 15) is 14.4 Å². The van der Waals surface area contributed by atoms with Gasteiger partial charge in [-0.15, -0.1) is 0 Å². The number of esters is 1. The van der Waals surface area contributed by atoms with Gasteiger partial charge in [-0.2, -0.15) is 0 Å². The summed E-state index contributed by atoms with van der Waals surface area (Å²) in [5.74, 6) is -1.80. The summed E-state index contributed by atoms with van der Waals surface area (Å²) in [5.41, 5.74) is 6.88. The number of primary amides is 1. The molecule has 0 unspecified atom stereocenters. The van der Waals surface area contributed by atoms with E-state index < -0.39 is 24.0 Å². The molecule has 0 saturated carbocycles. The van der Waals surface area contributed by atoms with Crippen molar-refractivity contribution in [1.29, 1.82) is 0 Å². The van der Waals surface area contributed by atoms with Crippen molar-refractivity contribution in [2.75, 3.05) is 0 Å². The summed E-state index contributed by atoms with van der Waals surface area (Å²) in [6, 6.07) is 6.73. The number of para-hydroxylation sites is 1. The third kappa shape index (κ3) is 4.09. The first-order valence-corrected chi connectivity index (χ1v) is 7.20. The molecule has 0 fully saturated rings. The molecule has 2 atom stereocenters. The zero-order valence-electron chi connectivity index (χ0n) is 13.0. The average Bonchev–Trinajstić information content (AvgIpc) is 2.89. The number of nitrogens with two attached hydrogens (primary N) is 1. The minimum Gasteiger partial charge on any atom is -0.451 e. The first-order valence-electron chi connectivity index (χ1n) is 7.20. The normalized spacial score (nSPS) is 13.3. The molecule has 4 N–H and O–H groups in total. The fraction of sp³-hybridized carbons (Fsp3) is 0.312. The first-order chi connectivity index (χ1) is 10.9. The van der Waals surface area contributed by atoms with Crippen molar-refractivity contribution >= 4 is 28.7 Å². The molecule has 2 rings (SSSR count). The number of carbonyl (C=O) groups excluding carboxylic acids is 3. The van der Waals surface area contributed by atoms with Crippen LogP contribution in [-0.2, 0) is 25.5 Å². The van der Waals surface area contributed by atoms with Gasteiger partial charge in [0, 0.05) is 30.4 Å². The van der Waals surface area contributed by atoms with Gasteiger partial charge in [0.25, 0.3) is 5.91 Å². The van der Waals surface area contributed by atoms with Gasteiger partial charge in [0.15, 0.2) is 6.10 Å². The van der Waals surface area contributed by atoms with Crippen LogP contribution in [0.25, 0.3) is 10.9 Å². The molecule has 122 valence electrons. The molecule has 0 aliphatic carbocycles. The van der Waals surface area contributed by atoms with Gasteiger partial charge in [0.05, 0.1) is 0 Å². The van der Waals surface area contributed by atoms with Gasteiger partial charge in [-0.05, 0) is 18.6 Å². The molecule has 0 aliphatic heterocycles. The highest BCUT2D eigenvalue weighted by atomic mass is 16.5. The number of H-pyrrole nitrogens is 1. The van der Waals surface area contributed by atoms with Gasteiger partial charge >= 0.3 is 5.97 Å². The number of aromatic nitrogens is 1. The van der Waals surface area contributed by atoms with Crippen LogP contribution < -0.4 is 11.1 Å². The quantitative estimate of drug-likeness (QED) is 0.678. The Morgan fingerprint density at radius 1 is 1.30 bits per heavy atom. The SMILES string of the molecule is CC(=O)N[C@@H](Cc1c[nH]c2ccccc12)C(=O)O[C@H](C)C(N)=O. The molecular weight excluding hydrogens is 298 g/mol. The molecule has 0 spiro atoms. The molecule has 0 radical (unpaired) electrons. The second kappa shape index (κ2) is 6.95. The molecule has 1 aromatic heterocycles. The van der Waals surface area contributed by atoms with Crippen LogP contribution in [0, 0.1) is 0 Å². The van der Waals surface area contributed by atoms with Crippen LogP contribution in [0.4, 0.5) is 0 Å². The van der Waals surface area contributed by atoms with Crippen LogP contribution in [-0.4, -0.2) is 34.9 Å². The Kier molecular flexibility index (Phi) is 5.00. The summed E-state index contributed by atoms with van der Waals surface area (Å²) in [4.78, 5) is 37.7. The largest absolute Gasteiger partial charge is 0.451 e. The van der Waals surface area contributed by atoms with Crippen molar-refractivity contribution in [3.63, 3.8) is 0 Å². The lowest BCUT2D eigenvalue weighted by atomic mass is 10.0. The van der Waals surface area contributed by atoms with Gasteiger partial charge in [-0.1, -0.05) is 18.2 Å². The molecule has 0 bridgehead atoms. The number of hydrogen-bond donors (Lipinski definition) is 3. The fourth-order valence-corrected chi connectivity index (χ4v) is 2.27. The predicted octanol–water partition coefficient (Wildman–Crippen LogP) is 0.632. The van der Waals surface area contributed by atoms with E-state index in [2.05, 4.69) is 10.3 Å². The molecule has 7 heteroatoms. The summed E-state index contributed by atoms with van der Waals surface area (Å²) in [7, 11) is 0. The Bertz CT molecular complexity index is 738. The Balaban J connectivity index is 2.19. The standard InChI is InChI=1S/C16H19N3O4/c1-9(15(17)21)23-16(22)14(19-10(2)20)7-11-8-18-13-6-4-3-5-12(11)13/h3-6,8-9,14,18H,7H2,1-2H3,(H2,17,21)(H,19,20)/t9-,14+/m1/s1. The van der Waals surface area contributed by atoms with E-state index in [4.69, 9.17) is 10.5 Å². The maximum absolute atomic E-state index is 12.2. The molecule has 0 aliphatic rings. The number of fused-ring (bicyclic) bond motifs is 1. The number of amides is 2. The zero-order valence-corrected chi connectivity index (χ0v) is 13.0. The van der Waals surface area contributed by atoms with Gasteiger partial charge in [0.2, 0.25) is 5.91 Å². The Morgan fingerprint density at radius 2 is 2.00 bits per heavy atom. The van der Waals surface area contributed by atoms with Crippen LogP contribution in [0.5, 0.6) is 0 Å². The summed E-state index contributed by atoms with van der Waals surface area (Å²) < 4.78 is 5.00. The van der Waals surface area contributed by atoms with Gasteiger partial charge in [-0.3, -0.25) is 9.59 Å². The summed E-state index contributed by atoms with van der Waals surface area (Å²) in [6.07, 6.45) is 0.972. The van der Waals surface area contributed by atoms with E-state index in [1.807, 2.05) is 24.3 Å². The lowest BCUT2D eigenvalue weighted by Gasteiger charge is -2.18. The first kappa shape index (κ1) is 16.5. The highest BCUT2D eigenvalue weighted by Gasteiger charge is 2.26. The van der Waals surface area contributed by atoms with Crippen molar-refractivity contribution in [3.05, 3.63) is 36.0 Å². The van der Waals surface area contributed by atoms with Crippen molar-refractivity contribution in [1.82, 2.24) is 10.3 Å². The van der Waals surface area contributed by atoms with Crippen LogP contribution in [0.1, 0.15) is 19.4 Å². The third-order valence-electron chi connectivity index (χ3n) is 3.45. The maximum Gasteiger partial charge on any atom is 0.329 e. The summed E-state index contributed by atoms with van der Waals surface area (Å²) in [6.45, 7) is 2.70. The number of rotatable bonds is 6. The highest BCUT2D eigenvalue weighted by molar-refractivity contribution is 5.88. The minimum absolute atomic E-state index is 0.244. The number of ether oxygens (including phenoxy) is 1. The molecule has 1 aromatic carbocycles. The lowest BCUT2D eigenvalue weighted by molar-refractivity contribution is -0.156. The van der Waals surface area contributed by atoms with E-state index in [0.717, 1.165) is 16.5 Å². The molecule has 0 saturated heterocycles. The average molecular weight is 317 g/mol. The maximum atomic E-state index is 12.2. The van der Waals surface area contributed by atoms with E-state index in [1.165, 1.54) is 13.8 Å². The molecule has 23 heavy (non-hydrogen) atoms. The molecular formula is C16H19N3O4. The smallest absolute Gasteiger partial charge is 0.329 e. The lowest BCUT2D eigenvalue weighted by Crippen LogP contribution is -2.44. The number of nitrogens with one attached hydrogen (secondary N) is 2. The highest BCUT2D eigenvalue weighted by Crippen LogP contribution is 2.19. The van der Waals surface area contributed by atoms with E-state index in [-0.39, 0.29) is 12.3 Å². The van der Waals surface area contributed by atoms with Gasteiger partial charge < -0.3 is 20.8 Å². The molecule has 2 aromatic rings. The number of benzene rings is 1. The second-order valence-corrected chi connectivity index (χ2v) is 5.30. The van der Waals surface area contributed by atoms with E-state index in [1.54, 1.807) is 6.20 Å². The topological polar surface area (TPSA) is 114 Å². The summed E-state index contributed by atoms with van der Waals surface area (Å²) in [5, 5.41) is 3.50. The van der Waals surface area contributed by atoms with Crippen LogP contribution in [0.15, 0.2) is 30.5 Å². The van der Waals surface area contributed by atoms with Crippen molar-refractivity contribution in [2.24, 2.45) is 5.73 Å². The van der Waals surface area contributed by atoms with Crippen molar-refractivity contribution in [2.45, 2.75) is 32.4 Å². The van der Waals surface area contributed by atoms with E-state index >= 15 is 0 Å². The predicted molar refractivity (Wildman–Crippen MR) is 84.4 cm³/mol. The molecule has 7 nitrogen and oxygen atoms in total. The van der Waals surface area contributed by atoms with Gasteiger partial charge in [0.1, 0.15) is 6.04 Å². The van der Waals surface area contributed by atoms with E-state index in [0.29, 0.717) is 0 Å². The second-order valence-electron chi connectivity index (χ2n) is 5.30. The summed E-state index contributed by atoms with van der Waals surface area (Å²) >= 11 is 0. The zero-order chi connectivity index (χ0) is 17.0. The van der Waals surface area contributed by atoms with Crippen molar-refractivity contribution < 1.29 is 19.1 Å². The molecule has 1 heterocycles. The number of carbonyl (C=O) groups is 3. The monoisotopic (exact) mass is 317 g/mol. The van der Waals surface area contributed by atoms with Gasteiger partial charge in [-0.25, -0.2) is 4.79 Å². The Labute approximate surface area is 133 Å². The van der Waals surface area contributed by atoms with Crippen LogP contribution in [0.3, 0.4) is 0 Å². The Morgan fingerprint density at radius 3 is 2.65 bits per heavy atom. The minimum atomic E-state index is -1.05. The number of aromatic amines is 1. The van der Waals surface area contributed by atoms with Crippen molar-refractivity contribution in [3.8, 4) is 0 Å². The molecule has 2 amide bonds. The number of hydrogen-bond acceptors (Lipinski definition) is 4. The fourth-order valence-electron chi connectivity index (χ4n) is 2.27. The Hall–Kier alpha value is -2.83. The van der Waals surface area contributed by atoms with Crippen LogP contribution in [0.2, 0.25) is 0 Å².